The SMILES string of the molecule is CCOC(=O)C1(C(=O)OCC)Cc2c(c(-c3ccc(OC)cc3)c(-c3ccc(OC)cc3)c(-c3ccc(OC)cc3)c2-c2ccc(OC)cc2)CN1C(C)=O. The first-order chi connectivity index (χ1) is 26.6. The molecule has 0 saturated carbocycles. The third kappa shape index (κ3) is 7.07. The lowest BCUT2D eigenvalue weighted by molar-refractivity contribution is -0.180. The zero-order chi connectivity index (χ0) is 39.3. The normalized spacial score (nSPS) is 13.0. The van der Waals surface area contributed by atoms with Gasteiger partial charge in [0.25, 0.3) is 0 Å². The van der Waals surface area contributed by atoms with Crippen LogP contribution in [-0.2, 0) is 36.8 Å². The minimum absolute atomic E-state index is 0.00543. The summed E-state index contributed by atoms with van der Waals surface area (Å²) in [5, 5.41) is 0. The molecule has 0 radical (unpaired) electrons. The smallest absolute Gasteiger partial charge is 0.344 e. The zero-order valence-electron chi connectivity index (χ0n) is 32.2. The number of carbonyl (C=O) groups is 3. The van der Waals surface area contributed by atoms with Gasteiger partial charge in [-0.05, 0) is 118 Å². The number of hydrogen-bond donors (Lipinski definition) is 0. The van der Waals surface area contributed by atoms with E-state index in [2.05, 4.69) is 0 Å². The second-order valence-corrected chi connectivity index (χ2v) is 13.0. The number of hydrogen-bond acceptors (Lipinski definition) is 9. The topological polar surface area (TPSA) is 110 Å². The number of methoxy groups -OCH3 is 4. The first-order valence-electron chi connectivity index (χ1n) is 18.1. The third-order valence-electron chi connectivity index (χ3n) is 10.0. The second-order valence-electron chi connectivity index (χ2n) is 13.0. The molecule has 1 aliphatic heterocycles. The van der Waals surface area contributed by atoms with Crippen molar-refractivity contribution in [3.8, 4) is 67.5 Å². The van der Waals surface area contributed by atoms with Crippen molar-refractivity contribution in [1.29, 1.82) is 0 Å². The zero-order valence-corrected chi connectivity index (χ0v) is 32.2. The number of ether oxygens (including phenoxy) is 6. The van der Waals surface area contributed by atoms with E-state index >= 15 is 0 Å². The lowest BCUT2D eigenvalue weighted by Gasteiger charge is -2.45. The fourth-order valence-corrected chi connectivity index (χ4v) is 7.44. The first-order valence-corrected chi connectivity index (χ1v) is 18.1. The first kappa shape index (κ1) is 38.4. The van der Waals surface area contributed by atoms with E-state index in [0.717, 1.165) is 50.1 Å². The van der Waals surface area contributed by atoms with Gasteiger partial charge in [-0.1, -0.05) is 48.5 Å². The van der Waals surface area contributed by atoms with Gasteiger partial charge in [-0.3, -0.25) is 4.79 Å². The van der Waals surface area contributed by atoms with Gasteiger partial charge in [0.15, 0.2) is 0 Å². The van der Waals surface area contributed by atoms with Crippen molar-refractivity contribution in [2.45, 2.75) is 39.3 Å². The molecule has 10 nitrogen and oxygen atoms in total. The second kappa shape index (κ2) is 16.4. The Hall–Kier alpha value is -6.29. The summed E-state index contributed by atoms with van der Waals surface area (Å²) in [6, 6.07) is 31.0. The van der Waals surface area contributed by atoms with Gasteiger partial charge in [-0.25, -0.2) is 9.59 Å². The molecule has 0 saturated heterocycles. The predicted octanol–water partition coefficient (Wildman–Crippen LogP) is 8.16. The standard InChI is InChI=1S/C45H45NO9/c1-8-54-43(48)45(44(49)55-9-2)26-37-38(27-46(45)28(3)47)40(30-12-20-34(51-5)21-13-30)42(32-16-24-36(53-7)25-17-32)41(31-14-22-35(52-6)23-15-31)39(37)29-10-18-33(50-4)19-11-29/h10-25H,8-9,26-27H2,1-7H3. The van der Waals surface area contributed by atoms with Crippen molar-refractivity contribution in [2.24, 2.45) is 0 Å². The summed E-state index contributed by atoms with van der Waals surface area (Å²) < 4.78 is 33.5. The summed E-state index contributed by atoms with van der Waals surface area (Å²) in [5.74, 6) is 0.494. The van der Waals surface area contributed by atoms with Crippen LogP contribution in [0.5, 0.6) is 23.0 Å². The van der Waals surface area contributed by atoms with Crippen LogP contribution in [-0.4, -0.2) is 69.9 Å². The molecule has 0 bridgehead atoms. The van der Waals surface area contributed by atoms with E-state index in [0.29, 0.717) is 28.6 Å². The van der Waals surface area contributed by atoms with Crippen molar-refractivity contribution < 1.29 is 42.8 Å². The Labute approximate surface area is 321 Å². The molecule has 0 unspecified atom stereocenters. The van der Waals surface area contributed by atoms with Gasteiger partial charge < -0.3 is 33.3 Å². The summed E-state index contributed by atoms with van der Waals surface area (Å²) in [5.41, 5.74) is 5.99. The molecule has 0 atom stereocenters. The summed E-state index contributed by atoms with van der Waals surface area (Å²) in [4.78, 5) is 43.8. The van der Waals surface area contributed by atoms with E-state index < -0.39 is 23.4 Å². The highest BCUT2D eigenvalue weighted by atomic mass is 16.6. The van der Waals surface area contributed by atoms with Crippen molar-refractivity contribution in [1.82, 2.24) is 4.90 Å². The van der Waals surface area contributed by atoms with Gasteiger partial charge in [0, 0.05) is 19.9 Å². The predicted molar refractivity (Wildman–Crippen MR) is 210 cm³/mol. The summed E-state index contributed by atoms with van der Waals surface area (Å²) in [6.45, 7) is 4.58. The van der Waals surface area contributed by atoms with Crippen molar-refractivity contribution in [3.05, 3.63) is 108 Å². The Kier molecular flexibility index (Phi) is 11.4. The molecule has 0 aromatic heterocycles. The lowest BCUT2D eigenvalue weighted by atomic mass is 9.71. The van der Waals surface area contributed by atoms with Gasteiger partial charge in [0.2, 0.25) is 11.4 Å². The average Bonchev–Trinajstić information content (AvgIpc) is 3.22. The maximum absolute atomic E-state index is 14.3. The van der Waals surface area contributed by atoms with E-state index in [9.17, 15) is 14.4 Å². The Morgan fingerprint density at radius 2 is 0.818 bits per heavy atom. The third-order valence-corrected chi connectivity index (χ3v) is 10.0. The summed E-state index contributed by atoms with van der Waals surface area (Å²) in [6.07, 6.45) is -0.212. The molecule has 1 heterocycles. The highest BCUT2D eigenvalue weighted by Crippen LogP contribution is 2.53. The highest BCUT2D eigenvalue weighted by molar-refractivity contribution is 6.11. The number of amides is 1. The molecule has 55 heavy (non-hydrogen) atoms. The van der Waals surface area contributed by atoms with Crippen LogP contribution < -0.4 is 18.9 Å². The molecule has 5 aromatic carbocycles. The number of nitrogens with zero attached hydrogens (tertiary/aromatic N) is 1. The molecule has 1 aliphatic rings. The number of carbonyl (C=O) groups excluding carboxylic acids is 3. The van der Waals surface area contributed by atoms with Crippen molar-refractivity contribution in [3.63, 3.8) is 0 Å². The molecule has 5 aromatic rings. The van der Waals surface area contributed by atoms with E-state index in [4.69, 9.17) is 28.4 Å². The minimum Gasteiger partial charge on any atom is -0.497 e. The van der Waals surface area contributed by atoms with Gasteiger partial charge in [0.1, 0.15) is 23.0 Å². The molecule has 0 aliphatic carbocycles. The van der Waals surface area contributed by atoms with Crippen molar-refractivity contribution >= 4 is 17.8 Å². The number of rotatable bonds is 12. The van der Waals surface area contributed by atoms with Gasteiger partial charge >= 0.3 is 11.9 Å². The fraction of sp³-hybridized carbons (Fsp3) is 0.267. The van der Waals surface area contributed by atoms with E-state index in [-0.39, 0.29) is 26.2 Å². The molecule has 1 amide bonds. The fourth-order valence-electron chi connectivity index (χ4n) is 7.44. The monoisotopic (exact) mass is 743 g/mol. The van der Waals surface area contributed by atoms with Crippen molar-refractivity contribution in [2.75, 3.05) is 41.7 Å². The van der Waals surface area contributed by atoms with Gasteiger partial charge in [0.05, 0.1) is 41.7 Å². The Balaban J connectivity index is 1.87. The van der Waals surface area contributed by atoms with Gasteiger partial charge in [-0.2, -0.15) is 0 Å². The number of benzene rings is 5. The average molecular weight is 744 g/mol. The van der Waals surface area contributed by atoms with Crippen LogP contribution in [0.15, 0.2) is 97.1 Å². The van der Waals surface area contributed by atoms with Gasteiger partial charge in [-0.15, -0.1) is 0 Å². The van der Waals surface area contributed by atoms with Crippen LogP contribution in [0.1, 0.15) is 31.9 Å². The molecule has 0 fully saturated rings. The van der Waals surface area contributed by atoms with Crippen LogP contribution in [0.25, 0.3) is 44.5 Å². The molecule has 0 N–H and O–H groups in total. The van der Waals surface area contributed by atoms with Crippen LogP contribution in [0.3, 0.4) is 0 Å². The minimum atomic E-state index is -2.11. The molecule has 0 spiro atoms. The molecule has 10 heteroatoms. The van der Waals surface area contributed by atoms with E-state index in [1.807, 2.05) is 97.1 Å². The van der Waals surface area contributed by atoms with Crippen LogP contribution in [0.2, 0.25) is 0 Å². The summed E-state index contributed by atoms with van der Waals surface area (Å²) in [7, 11) is 6.46. The Bertz CT molecular complexity index is 2160. The quantitative estimate of drug-likeness (QED) is 0.0924. The van der Waals surface area contributed by atoms with Crippen LogP contribution in [0, 0.1) is 0 Å². The molecule has 6 rings (SSSR count). The number of esters is 2. The van der Waals surface area contributed by atoms with E-state index in [1.54, 1.807) is 42.3 Å². The Morgan fingerprint density at radius 1 is 0.509 bits per heavy atom. The lowest BCUT2D eigenvalue weighted by Crippen LogP contribution is -2.65. The molecular weight excluding hydrogens is 698 g/mol. The maximum Gasteiger partial charge on any atom is 0.344 e. The van der Waals surface area contributed by atoms with Crippen LogP contribution in [0.4, 0.5) is 0 Å². The summed E-state index contributed by atoms with van der Waals surface area (Å²) >= 11 is 0. The largest absolute Gasteiger partial charge is 0.497 e. The highest BCUT2D eigenvalue weighted by Gasteiger charge is 2.58. The van der Waals surface area contributed by atoms with Crippen LogP contribution >= 0.6 is 0 Å². The molecular formula is C45H45NO9. The Morgan fingerprint density at radius 3 is 1.11 bits per heavy atom. The molecule has 284 valence electrons. The maximum atomic E-state index is 14.3. The van der Waals surface area contributed by atoms with E-state index in [1.165, 1.54) is 11.8 Å². The number of fused-ring (bicyclic) bond motifs is 1.